The van der Waals surface area contributed by atoms with Gasteiger partial charge in [-0.25, -0.2) is 0 Å². The van der Waals surface area contributed by atoms with Crippen molar-refractivity contribution in [2.45, 2.75) is 46.1 Å². The number of hydrogen-bond donors (Lipinski definition) is 1. The minimum atomic E-state index is 0.446. The molecule has 0 radical (unpaired) electrons. The predicted octanol–water partition coefficient (Wildman–Crippen LogP) is 2.21. The van der Waals surface area contributed by atoms with Gasteiger partial charge in [0.2, 0.25) is 0 Å². The quantitative estimate of drug-likeness (QED) is 0.538. The van der Waals surface area contributed by atoms with Crippen molar-refractivity contribution in [3.63, 3.8) is 0 Å². The van der Waals surface area contributed by atoms with Gasteiger partial charge in [-0.15, -0.1) is 0 Å². The zero-order chi connectivity index (χ0) is 11.4. The molecule has 0 aromatic carbocycles. The van der Waals surface area contributed by atoms with E-state index in [0.717, 1.165) is 45.8 Å². The van der Waals surface area contributed by atoms with Gasteiger partial charge in [0.15, 0.2) is 0 Å². The fraction of sp³-hybridized carbons (Fsp3) is 1.00. The Bertz CT molecular complexity index is 112. The van der Waals surface area contributed by atoms with E-state index in [0.29, 0.717) is 6.04 Å². The lowest BCUT2D eigenvalue weighted by Crippen LogP contribution is -2.35. The first-order valence-electron chi connectivity index (χ1n) is 6.23. The van der Waals surface area contributed by atoms with Crippen LogP contribution in [0.25, 0.3) is 0 Å². The van der Waals surface area contributed by atoms with Crippen LogP contribution in [0.3, 0.4) is 0 Å². The third-order valence-corrected chi connectivity index (χ3v) is 2.17. The van der Waals surface area contributed by atoms with E-state index in [-0.39, 0.29) is 0 Å². The monoisotopic (exact) mass is 217 g/mol. The predicted molar refractivity (Wildman–Crippen MR) is 64.3 cm³/mol. The molecule has 92 valence electrons. The maximum atomic E-state index is 5.48. The Kier molecular flexibility index (Phi) is 11.9. The summed E-state index contributed by atoms with van der Waals surface area (Å²) in [5.41, 5.74) is 0. The average molecular weight is 217 g/mol. The maximum Gasteiger partial charge on any atom is 0.0620 e. The van der Waals surface area contributed by atoms with Crippen molar-refractivity contribution in [2.75, 3.05) is 33.0 Å². The van der Waals surface area contributed by atoms with E-state index in [9.17, 15) is 0 Å². The van der Waals surface area contributed by atoms with Crippen LogP contribution >= 0.6 is 0 Å². The molecule has 1 atom stereocenters. The van der Waals surface area contributed by atoms with Crippen molar-refractivity contribution in [1.29, 1.82) is 0 Å². The largest absolute Gasteiger partial charge is 0.381 e. The summed E-state index contributed by atoms with van der Waals surface area (Å²) in [6.07, 6.45) is 3.30. The molecule has 0 aliphatic heterocycles. The van der Waals surface area contributed by atoms with Gasteiger partial charge in [0, 0.05) is 25.9 Å². The number of hydrogen-bond acceptors (Lipinski definition) is 3. The molecule has 0 aliphatic rings. The van der Waals surface area contributed by atoms with E-state index < -0.39 is 0 Å². The van der Waals surface area contributed by atoms with Gasteiger partial charge in [0.05, 0.1) is 6.61 Å². The summed E-state index contributed by atoms with van der Waals surface area (Å²) >= 11 is 0. The Morgan fingerprint density at radius 3 is 2.40 bits per heavy atom. The molecule has 0 saturated heterocycles. The molecule has 0 heterocycles. The minimum Gasteiger partial charge on any atom is -0.381 e. The highest BCUT2D eigenvalue weighted by Crippen LogP contribution is 1.96. The molecule has 0 aliphatic carbocycles. The van der Waals surface area contributed by atoms with E-state index in [1.807, 2.05) is 6.92 Å². The zero-order valence-electron chi connectivity index (χ0n) is 10.6. The lowest BCUT2D eigenvalue weighted by Gasteiger charge is -2.18. The fourth-order valence-electron chi connectivity index (χ4n) is 1.32. The van der Waals surface area contributed by atoms with Gasteiger partial charge < -0.3 is 14.8 Å². The number of rotatable bonds is 11. The molecule has 0 aromatic rings. The van der Waals surface area contributed by atoms with Crippen LogP contribution < -0.4 is 5.32 Å². The lowest BCUT2D eigenvalue weighted by molar-refractivity contribution is 0.0884. The molecule has 3 nitrogen and oxygen atoms in total. The highest BCUT2D eigenvalue weighted by atomic mass is 16.5. The topological polar surface area (TPSA) is 30.5 Å². The van der Waals surface area contributed by atoms with E-state index >= 15 is 0 Å². The first-order valence-corrected chi connectivity index (χ1v) is 6.23. The molecule has 1 N–H and O–H groups in total. The van der Waals surface area contributed by atoms with Gasteiger partial charge in [-0.05, 0) is 32.7 Å². The van der Waals surface area contributed by atoms with Gasteiger partial charge in [-0.3, -0.25) is 0 Å². The summed E-state index contributed by atoms with van der Waals surface area (Å²) in [5, 5.41) is 3.48. The Morgan fingerprint density at radius 1 is 1.00 bits per heavy atom. The van der Waals surface area contributed by atoms with Crippen molar-refractivity contribution >= 4 is 0 Å². The van der Waals surface area contributed by atoms with Crippen LogP contribution in [0.15, 0.2) is 0 Å². The fourth-order valence-corrected chi connectivity index (χ4v) is 1.32. The summed E-state index contributed by atoms with van der Waals surface area (Å²) in [6, 6.07) is 0.446. The molecular formula is C12H27NO2. The Hall–Kier alpha value is -0.120. The highest BCUT2D eigenvalue weighted by molar-refractivity contribution is 4.65. The first-order chi connectivity index (χ1) is 7.35. The van der Waals surface area contributed by atoms with E-state index in [4.69, 9.17) is 9.47 Å². The van der Waals surface area contributed by atoms with Gasteiger partial charge in [-0.1, -0.05) is 13.8 Å². The van der Waals surface area contributed by atoms with Crippen LogP contribution in [-0.4, -0.2) is 39.0 Å². The van der Waals surface area contributed by atoms with Gasteiger partial charge in [-0.2, -0.15) is 0 Å². The molecular weight excluding hydrogens is 190 g/mol. The molecule has 0 bridgehead atoms. The van der Waals surface area contributed by atoms with Crippen LogP contribution in [0.1, 0.15) is 40.0 Å². The van der Waals surface area contributed by atoms with Crippen molar-refractivity contribution in [3.05, 3.63) is 0 Å². The van der Waals surface area contributed by atoms with Crippen molar-refractivity contribution in [1.82, 2.24) is 5.32 Å². The van der Waals surface area contributed by atoms with E-state index in [1.54, 1.807) is 0 Å². The first kappa shape index (κ1) is 14.9. The van der Waals surface area contributed by atoms with Crippen LogP contribution in [-0.2, 0) is 9.47 Å². The van der Waals surface area contributed by atoms with Crippen LogP contribution in [0, 0.1) is 0 Å². The third kappa shape index (κ3) is 10.2. The lowest BCUT2D eigenvalue weighted by atomic mass is 10.2. The Labute approximate surface area is 94.5 Å². The summed E-state index contributed by atoms with van der Waals surface area (Å²) in [5.74, 6) is 0. The van der Waals surface area contributed by atoms with Crippen LogP contribution in [0.4, 0.5) is 0 Å². The molecule has 0 rings (SSSR count). The third-order valence-electron chi connectivity index (χ3n) is 2.17. The molecule has 0 saturated carbocycles. The summed E-state index contributed by atoms with van der Waals surface area (Å²) in [6.45, 7) is 10.7. The van der Waals surface area contributed by atoms with Gasteiger partial charge >= 0.3 is 0 Å². The SMILES string of the molecule is CCCNC(CCOCCC)COCC. The molecule has 0 spiro atoms. The van der Waals surface area contributed by atoms with E-state index in [2.05, 4.69) is 19.2 Å². The number of ether oxygens (including phenoxy) is 2. The molecule has 3 heteroatoms. The van der Waals surface area contributed by atoms with Crippen molar-refractivity contribution in [2.24, 2.45) is 0 Å². The highest BCUT2D eigenvalue weighted by Gasteiger charge is 2.06. The van der Waals surface area contributed by atoms with Crippen molar-refractivity contribution in [3.8, 4) is 0 Å². The summed E-state index contributed by atoms with van der Waals surface area (Å²) in [4.78, 5) is 0. The van der Waals surface area contributed by atoms with Crippen LogP contribution in [0.2, 0.25) is 0 Å². The van der Waals surface area contributed by atoms with E-state index in [1.165, 1.54) is 6.42 Å². The second-order valence-electron chi connectivity index (χ2n) is 3.71. The molecule has 15 heavy (non-hydrogen) atoms. The second-order valence-corrected chi connectivity index (χ2v) is 3.71. The Balaban J connectivity index is 3.49. The normalized spacial score (nSPS) is 13.0. The summed E-state index contributed by atoms with van der Waals surface area (Å²) in [7, 11) is 0. The van der Waals surface area contributed by atoms with Crippen molar-refractivity contribution < 1.29 is 9.47 Å². The minimum absolute atomic E-state index is 0.446. The maximum absolute atomic E-state index is 5.48. The molecule has 0 fully saturated rings. The smallest absolute Gasteiger partial charge is 0.0620 e. The van der Waals surface area contributed by atoms with Gasteiger partial charge in [0.25, 0.3) is 0 Å². The standard InChI is InChI=1S/C12H27NO2/c1-4-8-13-12(11-14-6-3)7-10-15-9-5-2/h12-13H,4-11H2,1-3H3. The molecule has 1 unspecified atom stereocenters. The zero-order valence-corrected chi connectivity index (χ0v) is 10.6. The molecule has 0 amide bonds. The van der Waals surface area contributed by atoms with Gasteiger partial charge in [0.1, 0.15) is 0 Å². The van der Waals surface area contributed by atoms with Crippen LogP contribution in [0.5, 0.6) is 0 Å². The summed E-state index contributed by atoms with van der Waals surface area (Å²) < 4.78 is 10.9. The molecule has 0 aromatic heterocycles. The second kappa shape index (κ2) is 12.0. The average Bonchev–Trinajstić information content (AvgIpc) is 2.27. The Morgan fingerprint density at radius 2 is 1.80 bits per heavy atom. The number of nitrogens with one attached hydrogen (secondary N) is 1.